The van der Waals surface area contributed by atoms with Crippen molar-refractivity contribution in [2.75, 3.05) is 0 Å². The first-order valence-corrected chi connectivity index (χ1v) is 8.42. The average molecular weight is 322 g/mol. The van der Waals surface area contributed by atoms with E-state index in [2.05, 4.69) is 23.5 Å². The largest absolute Gasteiger partial charge is 0.219 e. The normalized spacial score (nSPS) is 9.43. The molecule has 0 heterocycles. The summed E-state index contributed by atoms with van der Waals surface area (Å²) < 4.78 is 4.35. The molecule has 0 saturated carbocycles. The van der Waals surface area contributed by atoms with Crippen LogP contribution in [-0.4, -0.2) is 6.21 Å². The van der Waals surface area contributed by atoms with Crippen molar-refractivity contribution in [1.29, 1.82) is 0 Å². The van der Waals surface area contributed by atoms with Crippen LogP contribution in [0.3, 0.4) is 0 Å². The molecule has 0 fully saturated rings. The maximum Gasteiger partial charge on any atom is 0.0428 e. The quantitative estimate of drug-likeness (QED) is 0.446. The molecule has 0 unspecified atom stereocenters. The van der Waals surface area contributed by atoms with E-state index in [1.54, 1.807) is 0 Å². The van der Waals surface area contributed by atoms with Gasteiger partial charge in [-0.25, -0.2) is 4.40 Å². The van der Waals surface area contributed by atoms with Gasteiger partial charge in [0.25, 0.3) is 0 Å². The van der Waals surface area contributed by atoms with Crippen LogP contribution >= 0.6 is 23.5 Å². The highest BCUT2D eigenvalue weighted by molar-refractivity contribution is 7.98. The Kier molecular flexibility index (Phi) is 11.7. The summed E-state index contributed by atoms with van der Waals surface area (Å²) in [5.41, 5.74) is 2.29. The van der Waals surface area contributed by atoms with Crippen LogP contribution in [-0.2, 0) is 0 Å². The minimum absolute atomic E-state index is 0.744. The molecular weight excluding hydrogens is 298 g/mol. The molecular formula is C18H24ClNS. The minimum atomic E-state index is 0.744. The lowest BCUT2D eigenvalue weighted by Gasteiger charge is -1.99. The van der Waals surface area contributed by atoms with E-state index in [9.17, 15) is 0 Å². The molecule has 21 heavy (non-hydrogen) atoms. The molecule has 0 amide bonds. The lowest BCUT2D eigenvalue weighted by molar-refractivity contribution is 1.30. The minimum Gasteiger partial charge on any atom is -0.219 e. The number of aryl methyl sites for hydroxylation is 1. The van der Waals surface area contributed by atoms with E-state index < -0.39 is 0 Å². The van der Waals surface area contributed by atoms with Gasteiger partial charge in [-0.2, -0.15) is 0 Å². The highest BCUT2D eigenvalue weighted by Gasteiger charge is 1.95. The van der Waals surface area contributed by atoms with Crippen molar-refractivity contribution in [2.24, 2.45) is 4.40 Å². The lowest BCUT2D eigenvalue weighted by Crippen LogP contribution is -1.79. The van der Waals surface area contributed by atoms with E-state index in [1.807, 2.05) is 70.3 Å². The Balaban J connectivity index is 0.000000921. The standard InChI is InChI=1S/C14H12ClNS.2C2H6/c1-11-4-2-3-5-14(11)17-16-10-12-6-8-13(15)9-7-12;2*1-2/h2-10H,1H3;2*1-2H3/b16-10+;;. The third-order valence-corrected chi connectivity index (χ3v) is 3.43. The Bertz CT molecular complexity index is 521. The Morgan fingerprint density at radius 2 is 1.48 bits per heavy atom. The maximum atomic E-state index is 5.81. The Morgan fingerprint density at radius 3 is 2.05 bits per heavy atom. The van der Waals surface area contributed by atoms with Crippen LogP contribution in [0.2, 0.25) is 5.02 Å². The molecule has 2 rings (SSSR count). The van der Waals surface area contributed by atoms with Crippen LogP contribution in [0.15, 0.2) is 57.8 Å². The molecule has 0 atom stereocenters. The summed E-state index contributed by atoms with van der Waals surface area (Å²) in [5.74, 6) is 0. The Labute approximate surface area is 138 Å². The molecule has 0 aliphatic carbocycles. The molecule has 0 N–H and O–H groups in total. The number of halogens is 1. The topological polar surface area (TPSA) is 12.4 Å². The van der Waals surface area contributed by atoms with Gasteiger partial charge >= 0.3 is 0 Å². The first kappa shape index (κ1) is 19.8. The molecule has 114 valence electrons. The van der Waals surface area contributed by atoms with Crippen LogP contribution in [0.4, 0.5) is 0 Å². The molecule has 0 saturated heterocycles. The summed E-state index contributed by atoms with van der Waals surface area (Å²) in [4.78, 5) is 1.18. The fraction of sp³-hybridized carbons (Fsp3) is 0.278. The molecule has 0 spiro atoms. The van der Waals surface area contributed by atoms with Crippen LogP contribution in [0.1, 0.15) is 38.8 Å². The second-order valence-electron chi connectivity index (χ2n) is 3.64. The van der Waals surface area contributed by atoms with Crippen molar-refractivity contribution in [1.82, 2.24) is 0 Å². The Morgan fingerprint density at radius 1 is 0.905 bits per heavy atom. The second kappa shape index (κ2) is 12.5. The van der Waals surface area contributed by atoms with Crippen LogP contribution < -0.4 is 0 Å². The second-order valence-corrected chi connectivity index (χ2v) is 4.91. The Hall–Kier alpha value is -1.25. The molecule has 1 nitrogen and oxygen atoms in total. The van der Waals surface area contributed by atoms with Gasteiger partial charge in [-0.1, -0.05) is 69.6 Å². The van der Waals surface area contributed by atoms with Crippen LogP contribution in [0.25, 0.3) is 0 Å². The fourth-order valence-corrected chi connectivity index (χ4v) is 2.12. The highest BCUT2D eigenvalue weighted by Crippen LogP contribution is 2.22. The van der Waals surface area contributed by atoms with Crippen molar-refractivity contribution in [2.45, 2.75) is 39.5 Å². The van der Waals surface area contributed by atoms with E-state index in [4.69, 9.17) is 11.6 Å². The van der Waals surface area contributed by atoms with E-state index in [-0.39, 0.29) is 0 Å². The molecule has 2 aromatic rings. The average Bonchev–Trinajstić information content (AvgIpc) is 2.55. The van der Waals surface area contributed by atoms with Gasteiger partial charge < -0.3 is 0 Å². The van der Waals surface area contributed by atoms with E-state index in [0.29, 0.717) is 0 Å². The van der Waals surface area contributed by atoms with Crippen molar-refractivity contribution in [3.05, 3.63) is 64.7 Å². The van der Waals surface area contributed by atoms with Gasteiger partial charge in [-0.3, -0.25) is 0 Å². The van der Waals surface area contributed by atoms with E-state index in [0.717, 1.165) is 10.6 Å². The maximum absolute atomic E-state index is 5.81. The molecule has 3 heteroatoms. The predicted octanol–water partition coefficient (Wildman–Crippen LogP) is 6.83. The summed E-state index contributed by atoms with van der Waals surface area (Å²) >= 11 is 7.30. The summed E-state index contributed by atoms with van der Waals surface area (Å²) in [6.45, 7) is 10.1. The molecule has 0 aliphatic heterocycles. The van der Waals surface area contributed by atoms with Crippen molar-refractivity contribution in [3.8, 4) is 0 Å². The third-order valence-electron chi connectivity index (χ3n) is 2.32. The summed E-state index contributed by atoms with van der Waals surface area (Å²) in [6.07, 6.45) is 1.84. The number of nitrogens with zero attached hydrogens (tertiary/aromatic N) is 1. The summed E-state index contributed by atoms with van der Waals surface area (Å²) in [7, 11) is 0. The van der Waals surface area contributed by atoms with Gasteiger partial charge in [0.1, 0.15) is 0 Å². The molecule has 2 aromatic carbocycles. The number of hydrogen-bond donors (Lipinski definition) is 0. The monoisotopic (exact) mass is 321 g/mol. The zero-order valence-corrected chi connectivity index (χ0v) is 15.0. The highest BCUT2D eigenvalue weighted by atomic mass is 35.5. The first-order chi connectivity index (χ1) is 10.3. The predicted molar refractivity (Wildman–Crippen MR) is 98.8 cm³/mol. The SMILES string of the molecule is CC.CC.Cc1ccccc1S/N=C/c1ccc(Cl)cc1. The van der Waals surface area contributed by atoms with Crippen molar-refractivity contribution < 1.29 is 0 Å². The zero-order chi connectivity index (χ0) is 16.1. The molecule has 0 aliphatic rings. The first-order valence-electron chi connectivity index (χ1n) is 7.27. The fourth-order valence-electron chi connectivity index (χ4n) is 1.35. The molecule has 0 bridgehead atoms. The molecule has 0 aromatic heterocycles. The van der Waals surface area contributed by atoms with Gasteiger partial charge in [0.2, 0.25) is 0 Å². The van der Waals surface area contributed by atoms with Gasteiger partial charge in [-0.05, 0) is 36.2 Å². The smallest absolute Gasteiger partial charge is 0.0428 e. The number of rotatable bonds is 3. The summed E-state index contributed by atoms with van der Waals surface area (Å²) in [6, 6.07) is 15.8. The third kappa shape index (κ3) is 7.93. The lowest BCUT2D eigenvalue weighted by atomic mass is 10.2. The number of hydrogen-bond acceptors (Lipinski definition) is 2. The van der Waals surface area contributed by atoms with Crippen LogP contribution in [0, 0.1) is 6.92 Å². The van der Waals surface area contributed by atoms with Gasteiger partial charge in [0.15, 0.2) is 0 Å². The van der Waals surface area contributed by atoms with Crippen molar-refractivity contribution in [3.63, 3.8) is 0 Å². The van der Waals surface area contributed by atoms with E-state index >= 15 is 0 Å². The molecule has 0 radical (unpaired) electrons. The van der Waals surface area contributed by atoms with E-state index in [1.165, 1.54) is 22.4 Å². The number of benzene rings is 2. The van der Waals surface area contributed by atoms with Crippen LogP contribution in [0.5, 0.6) is 0 Å². The zero-order valence-electron chi connectivity index (χ0n) is 13.4. The van der Waals surface area contributed by atoms with Crippen molar-refractivity contribution >= 4 is 29.8 Å². The van der Waals surface area contributed by atoms with Gasteiger partial charge in [0.05, 0.1) is 0 Å². The summed E-state index contributed by atoms with van der Waals surface area (Å²) in [5, 5.41) is 0.744. The van der Waals surface area contributed by atoms with Gasteiger partial charge in [0, 0.05) is 28.1 Å². The van der Waals surface area contributed by atoms with Gasteiger partial charge in [-0.15, -0.1) is 0 Å².